The molecule has 0 spiro atoms. The average Bonchev–Trinajstić information content (AvgIpc) is 3.15. The molecule has 0 radical (unpaired) electrons. The first-order chi connectivity index (χ1) is 12.6. The minimum absolute atomic E-state index is 0.162. The summed E-state index contributed by atoms with van der Waals surface area (Å²) < 4.78 is 0. The number of aliphatic carboxylic acids is 1. The highest BCUT2D eigenvalue weighted by Gasteiger charge is 2.29. The molecule has 1 aliphatic rings. The second kappa shape index (κ2) is 9.10. The van der Waals surface area contributed by atoms with Crippen LogP contribution in [0.2, 0.25) is 0 Å². The van der Waals surface area contributed by atoms with Crippen LogP contribution in [0.3, 0.4) is 0 Å². The van der Waals surface area contributed by atoms with Gasteiger partial charge in [0.15, 0.2) is 0 Å². The molecule has 2 heterocycles. The van der Waals surface area contributed by atoms with Crippen LogP contribution in [0.4, 0.5) is 0 Å². The fourth-order valence-electron chi connectivity index (χ4n) is 2.95. The predicted molar refractivity (Wildman–Crippen MR) is 110 cm³/mol. The van der Waals surface area contributed by atoms with Crippen molar-refractivity contribution in [2.45, 2.75) is 36.9 Å². The first-order valence-electron chi connectivity index (χ1n) is 8.72. The number of carboxylic acids is 1. The summed E-state index contributed by atoms with van der Waals surface area (Å²) in [7, 11) is 0. The summed E-state index contributed by atoms with van der Waals surface area (Å²) in [5.74, 6) is -0.835. The topological polar surface area (TPSA) is 40.5 Å². The van der Waals surface area contributed by atoms with E-state index in [4.69, 9.17) is 0 Å². The zero-order valence-electron chi connectivity index (χ0n) is 14.7. The molecule has 2 unspecified atom stereocenters. The van der Waals surface area contributed by atoms with Crippen molar-refractivity contribution in [3.63, 3.8) is 0 Å². The van der Waals surface area contributed by atoms with Crippen LogP contribution < -0.4 is 0 Å². The highest BCUT2D eigenvalue weighted by atomic mass is 32.2. The fraction of sp³-hybridized carbons (Fsp3) is 0.286. The molecule has 1 aromatic heterocycles. The monoisotopic (exact) mass is 385 g/mol. The largest absolute Gasteiger partial charge is 0.478 e. The molecule has 2 atom stereocenters. The zero-order chi connectivity index (χ0) is 18.4. The molecule has 0 amide bonds. The number of nitrogens with zero attached hydrogens (tertiary/aromatic N) is 1. The van der Waals surface area contributed by atoms with Crippen molar-refractivity contribution in [3.8, 4) is 0 Å². The molecular weight excluding hydrogens is 362 g/mol. The summed E-state index contributed by atoms with van der Waals surface area (Å²) in [5, 5.41) is 11.9. The van der Waals surface area contributed by atoms with Gasteiger partial charge in [0, 0.05) is 16.3 Å². The van der Waals surface area contributed by atoms with Crippen molar-refractivity contribution in [2.24, 2.45) is 0 Å². The van der Waals surface area contributed by atoms with Gasteiger partial charge in [-0.3, -0.25) is 0 Å². The van der Waals surface area contributed by atoms with Crippen LogP contribution in [0.5, 0.6) is 0 Å². The van der Waals surface area contributed by atoms with Crippen LogP contribution in [-0.2, 0) is 17.8 Å². The lowest BCUT2D eigenvalue weighted by molar-refractivity contribution is -0.133. The Morgan fingerprint density at radius 1 is 1.27 bits per heavy atom. The Hall–Kier alpha value is -1.98. The standard InChI is InChI=1S/C21H23NO2S2/c1-16(11-12-17-7-3-2-4-8-17)26-20-19(21(23)24)10-5-13-22(20)15-18-9-6-14-25-18/h2-10,13-14,16,20H,11-12,15H2,1H3,(H,23,24). The van der Waals surface area contributed by atoms with Crippen molar-refractivity contribution in [1.29, 1.82) is 0 Å². The molecule has 1 N–H and O–H groups in total. The molecule has 0 fully saturated rings. The van der Waals surface area contributed by atoms with Crippen molar-refractivity contribution in [2.75, 3.05) is 0 Å². The van der Waals surface area contributed by atoms with E-state index in [1.54, 1.807) is 29.2 Å². The number of rotatable bonds is 8. The van der Waals surface area contributed by atoms with E-state index in [-0.39, 0.29) is 5.37 Å². The van der Waals surface area contributed by atoms with E-state index in [1.165, 1.54) is 10.4 Å². The van der Waals surface area contributed by atoms with Gasteiger partial charge in [-0.1, -0.05) is 43.3 Å². The Morgan fingerprint density at radius 2 is 2.08 bits per heavy atom. The summed E-state index contributed by atoms with van der Waals surface area (Å²) in [6.07, 6.45) is 7.61. The van der Waals surface area contributed by atoms with Gasteiger partial charge in [-0.25, -0.2) is 4.79 Å². The van der Waals surface area contributed by atoms with Gasteiger partial charge in [0.25, 0.3) is 0 Å². The lowest BCUT2D eigenvalue weighted by Crippen LogP contribution is -2.35. The number of aryl methyl sites for hydroxylation is 1. The molecule has 0 bridgehead atoms. The van der Waals surface area contributed by atoms with E-state index < -0.39 is 5.97 Å². The van der Waals surface area contributed by atoms with E-state index in [1.807, 2.05) is 24.4 Å². The molecule has 136 valence electrons. The van der Waals surface area contributed by atoms with Crippen LogP contribution >= 0.6 is 23.1 Å². The van der Waals surface area contributed by atoms with Gasteiger partial charge in [0.05, 0.1) is 12.1 Å². The van der Waals surface area contributed by atoms with Gasteiger partial charge in [0.2, 0.25) is 0 Å². The quantitative estimate of drug-likeness (QED) is 0.681. The minimum Gasteiger partial charge on any atom is -0.478 e. The third kappa shape index (κ3) is 5.02. The highest BCUT2D eigenvalue weighted by molar-refractivity contribution is 8.00. The van der Waals surface area contributed by atoms with E-state index in [9.17, 15) is 9.90 Å². The van der Waals surface area contributed by atoms with Crippen LogP contribution in [0.15, 0.2) is 71.8 Å². The number of carbonyl (C=O) groups is 1. The summed E-state index contributed by atoms with van der Waals surface area (Å²) in [6, 6.07) is 14.6. The third-order valence-corrected chi connectivity index (χ3v) is 6.67. The van der Waals surface area contributed by atoms with E-state index in [0.717, 1.165) is 19.4 Å². The number of thiophene rings is 1. The molecule has 1 aliphatic heterocycles. The number of thioether (sulfide) groups is 1. The molecule has 0 saturated carbocycles. The van der Waals surface area contributed by atoms with Crippen LogP contribution in [-0.4, -0.2) is 26.6 Å². The zero-order valence-corrected chi connectivity index (χ0v) is 16.4. The smallest absolute Gasteiger partial charge is 0.334 e. The molecular formula is C21H23NO2S2. The summed E-state index contributed by atoms with van der Waals surface area (Å²) in [6.45, 7) is 2.93. The summed E-state index contributed by atoms with van der Waals surface area (Å²) >= 11 is 3.44. The number of hydrogen-bond acceptors (Lipinski definition) is 4. The Bertz CT molecular complexity index is 769. The summed E-state index contributed by atoms with van der Waals surface area (Å²) in [4.78, 5) is 15.1. The second-order valence-electron chi connectivity index (χ2n) is 6.34. The Balaban J connectivity index is 1.66. The molecule has 26 heavy (non-hydrogen) atoms. The van der Waals surface area contributed by atoms with Gasteiger partial charge < -0.3 is 10.0 Å². The van der Waals surface area contributed by atoms with Crippen molar-refractivity contribution < 1.29 is 9.90 Å². The van der Waals surface area contributed by atoms with E-state index in [2.05, 4.69) is 47.5 Å². The first kappa shape index (κ1) is 18.8. The van der Waals surface area contributed by atoms with Gasteiger partial charge in [-0.15, -0.1) is 23.1 Å². The average molecular weight is 386 g/mol. The van der Waals surface area contributed by atoms with Gasteiger partial charge in [-0.2, -0.15) is 0 Å². The Labute approximate surface area is 163 Å². The molecule has 2 aromatic rings. The van der Waals surface area contributed by atoms with Crippen molar-refractivity contribution in [1.82, 2.24) is 4.90 Å². The van der Waals surface area contributed by atoms with Gasteiger partial charge in [0.1, 0.15) is 5.37 Å². The molecule has 3 nitrogen and oxygen atoms in total. The van der Waals surface area contributed by atoms with Gasteiger partial charge in [-0.05, 0) is 42.0 Å². The molecule has 3 rings (SSSR count). The number of carboxylic acid groups (broad SMARTS) is 1. The van der Waals surface area contributed by atoms with Crippen molar-refractivity contribution >= 4 is 29.1 Å². The third-order valence-electron chi connectivity index (χ3n) is 4.33. The molecule has 0 saturated heterocycles. The maximum atomic E-state index is 11.7. The van der Waals surface area contributed by atoms with Crippen molar-refractivity contribution in [3.05, 3.63) is 82.2 Å². The maximum absolute atomic E-state index is 11.7. The lowest BCUT2D eigenvalue weighted by Gasteiger charge is -2.34. The first-order valence-corrected chi connectivity index (χ1v) is 10.5. The second-order valence-corrected chi connectivity index (χ2v) is 8.90. The summed E-state index contributed by atoms with van der Waals surface area (Å²) in [5.41, 5.74) is 1.79. The minimum atomic E-state index is -0.835. The van der Waals surface area contributed by atoms with Crippen LogP contribution in [0.25, 0.3) is 0 Å². The molecule has 1 aromatic carbocycles. The normalized spacial score (nSPS) is 17.8. The highest BCUT2D eigenvalue weighted by Crippen LogP contribution is 2.33. The maximum Gasteiger partial charge on any atom is 0.334 e. The van der Waals surface area contributed by atoms with Crippen LogP contribution in [0.1, 0.15) is 23.8 Å². The van der Waals surface area contributed by atoms with E-state index >= 15 is 0 Å². The molecule has 0 aliphatic carbocycles. The number of benzene rings is 1. The fourth-order valence-corrected chi connectivity index (χ4v) is 4.98. The Kier molecular flexibility index (Phi) is 6.58. The number of hydrogen-bond donors (Lipinski definition) is 1. The van der Waals surface area contributed by atoms with Gasteiger partial charge >= 0.3 is 5.97 Å². The number of allylic oxidation sites excluding steroid dienone is 2. The lowest BCUT2D eigenvalue weighted by atomic mass is 10.1. The van der Waals surface area contributed by atoms with E-state index in [0.29, 0.717) is 10.8 Å². The predicted octanol–water partition coefficient (Wildman–Crippen LogP) is 5.17. The van der Waals surface area contributed by atoms with Crippen LogP contribution in [0, 0.1) is 0 Å². The SMILES string of the molecule is CC(CCc1ccccc1)SC1C(C(=O)O)=CC=CN1Cc1cccs1. The molecule has 5 heteroatoms. The Morgan fingerprint density at radius 3 is 2.77 bits per heavy atom.